The minimum Gasteiger partial charge on any atom is -0.314 e. The maximum absolute atomic E-state index is 12.0. The maximum atomic E-state index is 12.0. The normalized spacial score (nSPS) is 13.7. The lowest BCUT2D eigenvalue weighted by molar-refractivity contribution is 0.255. The van der Waals surface area contributed by atoms with Crippen molar-refractivity contribution in [1.29, 1.82) is 0 Å². The van der Waals surface area contributed by atoms with E-state index in [1.807, 2.05) is 25.1 Å². The van der Waals surface area contributed by atoms with E-state index in [-0.39, 0.29) is 11.4 Å². The van der Waals surface area contributed by atoms with E-state index < -0.39 is 0 Å². The number of anilines is 1. The van der Waals surface area contributed by atoms with E-state index in [0.717, 1.165) is 17.7 Å². The molecule has 0 radical (unpaired) electrons. The lowest BCUT2D eigenvalue weighted by Crippen LogP contribution is -2.26. The molecule has 1 aromatic carbocycles. The number of carbonyl (C=O) groups is 1. The number of rotatable bonds is 4. The summed E-state index contributed by atoms with van der Waals surface area (Å²) in [6.45, 7) is 12.7. The van der Waals surface area contributed by atoms with Gasteiger partial charge in [-0.25, -0.2) is 4.79 Å². The summed E-state index contributed by atoms with van der Waals surface area (Å²) in [7, 11) is 0. The molecule has 2 amide bonds. The van der Waals surface area contributed by atoms with Gasteiger partial charge in [0.2, 0.25) is 0 Å². The number of hydrogen-bond donors (Lipinski definition) is 2. The number of allylic oxidation sites excluding steroid dienone is 1. The Balaban J connectivity index is 2.77. The Kier molecular flexibility index (Phi) is 6.01. The largest absolute Gasteiger partial charge is 0.323 e. The van der Waals surface area contributed by atoms with Crippen LogP contribution in [0.25, 0.3) is 0 Å². The maximum Gasteiger partial charge on any atom is 0.323 e. The third-order valence-corrected chi connectivity index (χ3v) is 3.96. The Morgan fingerprint density at radius 1 is 1.29 bits per heavy atom. The monoisotopic (exact) mass is 288 g/mol. The first-order valence-corrected chi connectivity index (χ1v) is 7.59. The fourth-order valence-electron chi connectivity index (χ4n) is 1.81. The molecular weight excluding hydrogens is 260 g/mol. The summed E-state index contributed by atoms with van der Waals surface area (Å²) >= 11 is 0. The molecule has 0 aliphatic rings. The van der Waals surface area contributed by atoms with E-state index in [1.54, 1.807) is 6.20 Å². The highest BCUT2D eigenvalue weighted by atomic mass is 16.2. The first-order valence-electron chi connectivity index (χ1n) is 7.59. The summed E-state index contributed by atoms with van der Waals surface area (Å²) in [5.74, 6) is 0.424. The Morgan fingerprint density at radius 3 is 2.48 bits per heavy atom. The summed E-state index contributed by atoms with van der Waals surface area (Å²) in [6, 6.07) is 7.77. The molecule has 3 nitrogen and oxygen atoms in total. The zero-order valence-electron chi connectivity index (χ0n) is 14.1. The molecule has 0 aliphatic carbocycles. The van der Waals surface area contributed by atoms with Crippen LogP contribution in [0.5, 0.6) is 0 Å². The van der Waals surface area contributed by atoms with E-state index >= 15 is 0 Å². The molecule has 0 spiro atoms. The second kappa shape index (κ2) is 7.30. The predicted octanol–water partition coefficient (Wildman–Crippen LogP) is 5.27. The molecule has 0 aliphatic heterocycles. The van der Waals surface area contributed by atoms with Crippen molar-refractivity contribution in [3.63, 3.8) is 0 Å². The van der Waals surface area contributed by atoms with Crippen molar-refractivity contribution in [1.82, 2.24) is 5.32 Å². The van der Waals surface area contributed by atoms with Gasteiger partial charge >= 0.3 is 6.03 Å². The van der Waals surface area contributed by atoms with Crippen molar-refractivity contribution in [3.05, 3.63) is 41.6 Å². The molecule has 2 N–H and O–H groups in total. The first-order chi connectivity index (χ1) is 9.75. The van der Waals surface area contributed by atoms with Gasteiger partial charge in [0, 0.05) is 11.9 Å². The minimum atomic E-state index is -0.200. The van der Waals surface area contributed by atoms with Crippen molar-refractivity contribution in [2.75, 3.05) is 5.32 Å². The van der Waals surface area contributed by atoms with E-state index in [1.165, 1.54) is 5.56 Å². The van der Waals surface area contributed by atoms with Crippen LogP contribution in [0.15, 0.2) is 36.0 Å². The van der Waals surface area contributed by atoms with Crippen LogP contribution in [0.4, 0.5) is 10.5 Å². The molecule has 0 saturated heterocycles. The van der Waals surface area contributed by atoms with Crippen LogP contribution in [0.1, 0.15) is 59.4 Å². The fraction of sp³-hybridized carbons (Fsp3) is 0.500. The Morgan fingerprint density at radius 2 is 1.90 bits per heavy atom. The third-order valence-electron chi connectivity index (χ3n) is 3.96. The molecule has 116 valence electrons. The molecule has 0 fully saturated rings. The van der Waals surface area contributed by atoms with Gasteiger partial charge in [0.1, 0.15) is 0 Å². The van der Waals surface area contributed by atoms with Crippen LogP contribution in [-0.2, 0) is 0 Å². The predicted molar refractivity (Wildman–Crippen MR) is 90.5 cm³/mol. The topological polar surface area (TPSA) is 41.1 Å². The molecule has 1 rings (SSSR count). The van der Waals surface area contributed by atoms with Crippen molar-refractivity contribution in [3.8, 4) is 0 Å². The highest BCUT2D eigenvalue weighted by Crippen LogP contribution is 2.26. The quantitative estimate of drug-likeness (QED) is 0.778. The minimum absolute atomic E-state index is 0.0575. The molecule has 1 atom stereocenters. The number of urea groups is 1. The summed E-state index contributed by atoms with van der Waals surface area (Å²) < 4.78 is 0. The van der Waals surface area contributed by atoms with Crippen molar-refractivity contribution >= 4 is 11.7 Å². The molecular formula is C18H28N2O. The van der Waals surface area contributed by atoms with Gasteiger partial charge in [-0.1, -0.05) is 58.4 Å². The van der Waals surface area contributed by atoms with Crippen LogP contribution < -0.4 is 10.6 Å². The smallest absolute Gasteiger partial charge is 0.314 e. The van der Waals surface area contributed by atoms with E-state index in [4.69, 9.17) is 0 Å². The van der Waals surface area contributed by atoms with Crippen molar-refractivity contribution in [2.45, 2.75) is 53.9 Å². The fourth-order valence-corrected chi connectivity index (χ4v) is 1.81. The molecule has 3 heteroatoms. The van der Waals surface area contributed by atoms with Gasteiger partial charge in [0.05, 0.1) is 0 Å². The van der Waals surface area contributed by atoms with Crippen LogP contribution in [-0.4, -0.2) is 6.03 Å². The summed E-state index contributed by atoms with van der Waals surface area (Å²) in [6.07, 6.45) is 2.82. The number of para-hydroxylation sites is 1. The van der Waals surface area contributed by atoms with Crippen molar-refractivity contribution < 1.29 is 4.79 Å². The Labute approximate surface area is 128 Å². The summed E-state index contributed by atoms with van der Waals surface area (Å²) in [4.78, 5) is 12.0. The molecule has 0 heterocycles. The summed E-state index contributed by atoms with van der Waals surface area (Å²) in [5, 5.41) is 5.75. The molecule has 1 unspecified atom stereocenters. The zero-order chi connectivity index (χ0) is 16.0. The highest BCUT2D eigenvalue weighted by molar-refractivity contribution is 5.90. The van der Waals surface area contributed by atoms with Crippen molar-refractivity contribution in [2.24, 2.45) is 5.41 Å². The lowest BCUT2D eigenvalue weighted by Gasteiger charge is -2.20. The summed E-state index contributed by atoms with van der Waals surface area (Å²) in [5.41, 5.74) is 3.24. The van der Waals surface area contributed by atoms with E-state index in [2.05, 4.69) is 51.3 Å². The number of amides is 2. The van der Waals surface area contributed by atoms with Gasteiger partial charge in [0.25, 0.3) is 0 Å². The van der Waals surface area contributed by atoms with Crippen LogP contribution in [0.2, 0.25) is 0 Å². The van der Waals surface area contributed by atoms with E-state index in [9.17, 15) is 4.79 Å². The molecule has 1 aromatic rings. The van der Waals surface area contributed by atoms with Gasteiger partial charge in [-0.2, -0.15) is 0 Å². The van der Waals surface area contributed by atoms with Gasteiger partial charge in [-0.15, -0.1) is 0 Å². The van der Waals surface area contributed by atoms with Crippen LogP contribution in [0, 0.1) is 5.41 Å². The standard InChI is InChI=1S/C18H28N2O/c1-7-13(2)15-10-8-9-11-16(15)20-17(21)19-12-14(3)18(4,5)6/h8-13H,7H2,1-6H3,(H2,19,20,21)/b14-12+. The first kappa shape index (κ1) is 17.3. The molecule has 0 aromatic heterocycles. The second-order valence-corrected chi connectivity index (χ2v) is 6.57. The average Bonchev–Trinajstić information content (AvgIpc) is 2.43. The number of carbonyl (C=O) groups excluding carboxylic acids is 1. The molecule has 21 heavy (non-hydrogen) atoms. The number of benzene rings is 1. The molecule has 0 saturated carbocycles. The third kappa shape index (κ3) is 5.25. The Hall–Kier alpha value is -1.77. The Bertz CT molecular complexity index is 512. The number of nitrogens with one attached hydrogen (secondary N) is 2. The van der Waals surface area contributed by atoms with E-state index in [0.29, 0.717) is 5.92 Å². The zero-order valence-corrected chi connectivity index (χ0v) is 14.1. The average molecular weight is 288 g/mol. The van der Waals surface area contributed by atoms with Crippen LogP contribution >= 0.6 is 0 Å². The highest BCUT2D eigenvalue weighted by Gasteiger charge is 2.13. The lowest BCUT2D eigenvalue weighted by atomic mass is 9.88. The SMILES string of the molecule is CCC(C)c1ccccc1NC(=O)N/C=C(\C)C(C)(C)C. The van der Waals surface area contributed by atoms with Gasteiger partial charge in [-0.3, -0.25) is 0 Å². The van der Waals surface area contributed by atoms with Gasteiger partial charge in [-0.05, 0) is 36.3 Å². The molecule has 0 bridgehead atoms. The van der Waals surface area contributed by atoms with Gasteiger partial charge < -0.3 is 10.6 Å². The van der Waals surface area contributed by atoms with Gasteiger partial charge in [0.15, 0.2) is 0 Å². The second-order valence-electron chi connectivity index (χ2n) is 6.57. The van der Waals surface area contributed by atoms with Crippen LogP contribution in [0.3, 0.4) is 0 Å². The number of hydrogen-bond acceptors (Lipinski definition) is 1.